The van der Waals surface area contributed by atoms with Crippen molar-refractivity contribution in [2.75, 3.05) is 23.5 Å². The largest absolute Gasteiger partial charge is 0.345 e. The molecule has 0 unspecified atom stereocenters. The summed E-state index contributed by atoms with van der Waals surface area (Å²) in [5.74, 6) is 1.88. The van der Waals surface area contributed by atoms with Crippen molar-refractivity contribution in [3.8, 4) is 0 Å². The van der Waals surface area contributed by atoms with E-state index in [2.05, 4.69) is 64.9 Å². The molecule has 0 amide bonds. The van der Waals surface area contributed by atoms with Crippen molar-refractivity contribution in [2.24, 2.45) is 0 Å². The van der Waals surface area contributed by atoms with Gasteiger partial charge >= 0.3 is 0 Å². The molecule has 0 atom stereocenters. The average molecular weight is 268 g/mol. The number of rotatable bonds is 2. The topological polar surface area (TPSA) is 32.3 Å². The lowest BCUT2D eigenvalue weighted by molar-refractivity contribution is 0.812. The molecule has 1 aliphatic rings. The molecule has 4 nitrogen and oxygen atoms in total. The van der Waals surface area contributed by atoms with Gasteiger partial charge in [-0.05, 0) is 26.3 Å². The average Bonchev–Trinajstić information content (AvgIpc) is 2.69. The number of hydrogen-bond donors (Lipinski definition) is 0. The lowest BCUT2D eigenvalue weighted by Crippen LogP contribution is -2.27. The summed E-state index contributed by atoms with van der Waals surface area (Å²) in [7, 11) is 2.08. The van der Waals surface area contributed by atoms with Crippen LogP contribution in [0.1, 0.15) is 22.6 Å². The summed E-state index contributed by atoms with van der Waals surface area (Å²) < 4.78 is 0. The van der Waals surface area contributed by atoms with Crippen molar-refractivity contribution in [3.63, 3.8) is 0 Å². The third kappa shape index (κ3) is 2.22. The van der Waals surface area contributed by atoms with E-state index in [1.807, 2.05) is 6.92 Å². The van der Waals surface area contributed by atoms with Gasteiger partial charge in [0.25, 0.3) is 0 Å². The van der Waals surface area contributed by atoms with Crippen LogP contribution in [0.4, 0.5) is 11.5 Å². The predicted molar refractivity (Wildman–Crippen MR) is 82.1 cm³/mol. The molecule has 0 saturated carbocycles. The molecule has 0 aliphatic carbocycles. The molecule has 0 radical (unpaired) electrons. The molecule has 1 aliphatic heterocycles. The summed E-state index contributed by atoms with van der Waals surface area (Å²) in [6.07, 6.45) is 0. The molecule has 1 aromatic carbocycles. The van der Waals surface area contributed by atoms with Crippen LogP contribution >= 0.6 is 0 Å². The Balaban J connectivity index is 1.93. The van der Waals surface area contributed by atoms with Gasteiger partial charge in [-0.15, -0.1) is 0 Å². The summed E-state index contributed by atoms with van der Waals surface area (Å²) >= 11 is 0. The first-order valence-electron chi connectivity index (χ1n) is 6.91. The first-order valence-corrected chi connectivity index (χ1v) is 6.91. The molecular formula is C16H20N4. The maximum absolute atomic E-state index is 4.57. The van der Waals surface area contributed by atoms with Gasteiger partial charge in [0.1, 0.15) is 11.5 Å². The van der Waals surface area contributed by atoms with E-state index in [9.17, 15) is 0 Å². The molecular weight excluding hydrogens is 248 g/mol. The summed E-state index contributed by atoms with van der Waals surface area (Å²) in [6.45, 7) is 7.88. The number of fused-ring (bicyclic) bond motifs is 1. The molecule has 104 valence electrons. The lowest BCUT2D eigenvalue weighted by Gasteiger charge is -2.20. The van der Waals surface area contributed by atoms with E-state index in [4.69, 9.17) is 0 Å². The van der Waals surface area contributed by atoms with Crippen LogP contribution in [0.2, 0.25) is 0 Å². The minimum Gasteiger partial charge on any atom is -0.345 e. The third-order valence-electron chi connectivity index (χ3n) is 3.71. The highest BCUT2D eigenvalue weighted by Crippen LogP contribution is 2.36. The van der Waals surface area contributed by atoms with Crippen LogP contribution in [-0.4, -0.2) is 23.7 Å². The highest BCUT2D eigenvalue weighted by molar-refractivity contribution is 5.74. The van der Waals surface area contributed by atoms with E-state index in [1.54, 1.807) is 0 Å². The van der Waals surface area contributed by atoms with E-state index in [1.165, 1.54) is 16.8 Å². The van der Waals surface area contributed by atoms with Crippen molar-refractivity contribution in [1.82, 2.24) is 9.97 Å². The van der Waals surface area contributed by atoms with E-state index < -0.39 is 0 Å². The Morgan fingerprint density at radius 2 is 1.75 bits per heavy atom. The molecule has 3 rings (SSSR count). The van der Waals surface area contributed by atoms with Crippen molar-refractivity contribution in [2.45, 2.75) is 27.3 Å². The van der Waals surface area contributed by atoms with Crippen LogP contribution in [0.5, 0.6) is 0 Å². The van der Waals surface area contributed by atoms with Gasteiger partial charge in [0.15, 0.2) is 5.82 Å². The maximum atomic E-state index is 4.57. The van der Waals surface area contributed by atoms with Crippen LogP contribution in [0, 0.1) is 20.8 Å². The van der Waals surface area contributed by atoms with Crippen LogP contribution in [0.15, 0.2) is 24.3 Å². The molecule has 0 spiro atoms. The molecule has 0 saturated heterocycles. The van der Waals surface area contributed by atoms with E-state index in [0.717, 1.165) is 30.5 Å². The van der Waals surface area contributed by atoms with Gasteiger partial charge in [-0.1, -0.05) is 29.8 Å². The Labute approximate surface area is 120 Å². The summed E-state index contributed by atoms with van der Waals surface area (Å²) in [5, 5.41) is 0. The van der Waals surface area contributed by atoms with Gasteiger partial charge in [-0.25, -0.2) is 9.97 Å². The molecule has 4 heteroatoms. The Hall–Kier alpha value is -2.10. The van der Waals surface area contributed by atoms with Crippen molar-refractivity contribution in [3.05, 3.63) is 46.9 Å². The smallest absolute Gasteiger partial charge is 0.157 e. The van der Waals surface area contributed by atoms with E-state index in [-0.39, 0.29) is 0 Å². The van der Waals surface area contributed by atoms with Gasteiger partial charge < -0.3 is 9.80 Å². The Bertz CT molecular complexity index is 634. The fourth-order valence-electron chi connectivity index (χ4n) is 2.76. The second-order valence-corrected chi connectivity index (χ2v) is 5.55. The zero-order valence-corrected chi connectivity index (χ0v) is 12.5. The molecule has 2 heterocycles. The fourth-order valence-corrected chi connectivity index (χ4v) is 2.76. The van der Waals surface area contributed by atoms with Crippen molar-refractivity contribution in [1.29, 1.82) is 0 Å². The molecule has 2 aromatic rings. The number of nitrogens with zero attached hydrogens (tertiary/aromatic N) is 4. The highest BCUT2D eigenvalue weighted by atomic mass is 15.4. The van der Waals surface area contributed by atoms with Gasteiger partial charge in [-0.3, -0.25) is 0 Å². The van der Waals surface area contributed by atoms with Crippen LogP contribution < -0.4 is 9.80 Å². The molecule has 0 bridgehead atoms. The lowest BCUT2D eigenvalue weighted by atomic mass is 10.1. The van der Waals surface area contributed by atoms with Crippen LogP contribution in [0.25, 0.3) is 0 Å². The number of anilines is 2. The minimum absolute atomic E-state index is 0.838. The first kappa shape index (κ1) is 12.9. The number of benzene rings is 1. The summed E-state index contributed by atoms with van der Waals surface area (Å²) in [4.78, 5) is 13.6. The molecule has 1 aromatic heterocycles. The van der Waals surface area contributed by atoms with Gasteiger partial charge in [0, 0.05) is 13.6 Å². The van der Waals surface area contributed by atoms with Gasteiger partial charge in [0.05, 0.1) is 12.4 Å². The normalized spacial score (nSPS) is 13.8. The molecule has 0 N–H and O–H groups in total. The Morgan fingerprint density at radius 3 is 2.45 bits per heavy atom. The number of aryl methyl sites for hydroxylation is 3. The predicted octanol–water partition coefficient (Wildman–Crippen LogP) is 2.82. The van der Waals surface area contributed by atoms with Crippen LogP contribution in [0.3, 0.4) is 0 Å². The Kier molecular flexibility index (Phi) is 3.08. The van der Waals surface area contributed by atoms with Gasteiger partial charge in [-0.2, -0.15) is 0 Å². The quantitative estimate of drug-likeness (QED) is 0.838. The van der Waals surface area contributed by atoms with E-state index >= 15 is 0 Å². The monoisotopic (exact) mass is 268 g/mol. The number of aromatic nitrogens is 2. The standard InChI is InChI=1S/C16H20N4/c1-11-5-7-14(8-6-11)9-20-10-19(4)16-15(20)12(2)17-13(3)18-16/h5-8H,9-10H2,1-4H3. The van der Waals surface area contributed by atoms with Crippen LogP contribution in [-0.2, 0) is 6.54 Å². The summed E-state index contributed by atoms with van der Waals surface area (Å²) in [6, 6.07) is 8.71. The van der Waals surface area contributed by atoms with Crippen molar-refractivity contribution >= 4 is 11.5 Å². The minimum atomic E-state index is 0.838. The zero-order chi connectivity index (χ0) is 14.3. The molecule has 20 heavy (non-hydrogen) atoms. The first-order chi connectivity index (χ1) is 9.54. The van der Waals surface area contributed by atoms with Gasteiger partial charge in [0.2, 0.25) is 0 Å². The Morgan fingerprint density at radius 1 is 1.05 bits per heavy atom. The number of hydrogen-bond acceptors (Lipinski definition) is 4. The second kappa shape index (κ2) is 4.78. The summed E-state index contributed by atoms with van der Waals surface area (Å²) in [5.41, 5.74) is 4.84. The highest BCUT2D eigenvalue weighted by Gasteiger charge is 2.27. The molecule has 0 fully saturated rings. The maximum Gasteiger partial charge on any atom is 0.157 e. The van der Waals surface area contributed by atoms with Crippen molar-refractivity contribution < 1.29 is 0 Å². The second-order valence-electron chi connectivity index (χ2n) is 5.55. The SMILES string of the molecule is Cc1ccc(CN2CN(C)c3nc(C)nc(C)c32)cc1. The van der Waals surface area contributed by atoms with E-state index in [0.29, 0.717) is 0 Å². The zero-order valence-electron chi connectivity index (χ0n) is 12.5. The third-order valence-corrected chi connectivity index (χ3v) is 3.71. The fraction of sp³-hybridized carbons (Fsp3) is 0.375.